The van der Waals surface area contributed by atoms with Gasteiger partial charge in [0, 0.05) is 44.1 Å². The smallest absolute Gasteiger partial charge is 0.247 e. The van der Waals surface area contributed by atoms with Crippen molar-refractivity contribution in [1.82, 2.24) is 15.3 Å². The molecule has 2 amide bonds. The van der Waals surface area contributed by atoms with Crippen LogP contribution in [0.5, 0.6) is 0 Å². The molecule has 1 fully saturated rings. The Labute approximate surface area is 257 Å². The third-order valence-electron chi connectivity index (χ3n) is 8.45. The highest BCUT2D eigenvalue weighted by Gasteiger charge is 2.34. The second kappa shape index (κ2) is 14.4. The van der Waals surface area contributed by atoms with Gasteiger partial charge >= 0.3 is 0 Å². The van der Waals surface area contributed by atoms with Crippen LogP contribution in [-0.2, 0) is 14.4 Å². The van der Waals surface area contributed by atoms with Gasteiger partial charge in [0.2, 0.25) is 11.8 Å². The van der Waals surface area contributed by atoms with E-state index in [0.29, 0.717) is 31.5 Å². The zero-order valence-corrected chi connectivity index (χ0v) is 25.1. The molecule has 7 nitrogen and oxygen atoms in total. The largest absolute Gasteiger partial charge is 0.340 e. The van der Waals surface area contributed by atoms with E-state index in [2.05, 4.69) is 29.6 Å². The predicted octanol–water partition coefficient (Wildman–Crippen LogP) is 5.74. The minimum atomic E-state index is -0.759. The van der Waals surface area contributed by atoms with Gasteiger partial charge in [0.1, 0.15) is 5.82 Å². The summed E-state index contributed by atoms with van der Waals surface area (Å²) in [5, 5.41) is 6.09. The summed E-state index contributed by atoms with van der Waals surface area (Å²) in [6, 6.07) is 29.1. The first-order valence-electron chi connectivity index (χ1n) is 15.0. The number of halogens is 1. The Bertz CT molecular complexity index is 1560. The van der Waals surface area contributed by atoms with Crippen molar-refractivity contribution in [3.63, 3.8) is 0 Å². The first kappa shape index (κ1) is 31.0. The highest BCUT2D eigenvalue weighted by Crippen LogP contribution is 2.28. The minimum absolute atomic E-state index is 0.0228. The van der Waals surface area contributed by atoms with Gasteiger partial charge in [0.15, 0.2) is 5.78 Å². The molecule has 0 aromatic heterocycles. The van der Waals surface area contributed by atoms with E-state index in [1.165, 1.54) is 26.3 Å². The standard InChI is InChI=1S/C36H38FN3O4/c1-39(44-2)35(42)23-33-36(43)40(24-32(25-9-5-3-6-10-25)26-11-7-4-8-12-26)20-19-31(38-33)17-18-34(41)29-14-13-28-22-30(37)16-15-27(28)21-29/h3-16,21-22,31-33,38H,17-20,23-24H2,1-2H3/t31-,33+/m1/s1. The van der Waals surface area contributed by atoms with Crippen molar-refractivity contribution in [3.8, 4) is 0 Å². The number of ketones is 1. The van der Waals surface area contributed by atoms with Crippen LogP contribution in [0.2, 0.25) is 0 Å². The summed E-state index contributed by atoms with van der Waals surface area (Å²) < 4.78 is 13.6. The van der Waals surface area contributed by atoms with E-state index >= 15 is 0 Å². The Morgan fingerprint density at radius 2 is 1.59 bits per heavy atom. The average Bonchev–Trinajstić information content (AvgIpc) is 3.20. The molecule has 0 saturated carbocycles. The predicted molar refractivity (Wildman–Crippen MR) is 169 cm³/mol. The van der Waals surface area contributed by atoms with Crippen LogP contribution in [0.3, 0.4) is 0 Å². The molecular formula is C36H38FN3O4. The summed E-state index contributed by atoms with van der Waals surface area (Å²) in [4.78, 5) is 47.0. The van der Waals surface area contributed by atoms with Crippen LogP contribution in [0, 0.1) is 5.82 Å². The van der Waals surface area contributed by atoms with Crippen LogP contribution < -0.4 is 5.32 Å². The highest BCUT2D eigenvalue weighted by atomic mass is 19.1. The summed E-state index contributed by atoms with van der Waals surface area (Å²) in [5.41, 5.74) is 2.78. The van der Waals surface area contributed by atoms with Crippen LogP contribution in [0.1, 0.15) is 53.1 Å². The summed E-state index contributed by atoms with van der Waals surface area (Å²) in [6.45, 7) is 0.954. The lowest BCUT2D eigenvalue weighted by Crippen LogP contribution is -2.49. The molecule has 0 unspecified atom stereocenters. The fourth-order valence-electron chi connectivity index (χ4n) is 5.88. The molecule has 4 aromatic rings. The summed E-state index contributed by atoms with van der Waals surface area (Å²) >= 11 is 0. The van der Waals surface area contributed by atoms with Gasteiger partial charge in [0.05, 0.1) is 19.6 Å². The molecule has 0 radical (unpaired) electrons. The Balaban J connectivity index is 1.34. The fourth-order valence-corrected chi connectivity index (χ4v) is 5.88. The van der Waals surface area contributed by atoms with E-state index < -0.39 is 6.04 Å². The Morgan fingerprint density at radius 3 is 2.25 bits per heavy atom. The van der Waals surface area contributed by atoms with Crippen molar-refractivity contribution < 1.29 is 23.6 Å². The molecule has 1 aliphatic rings. The first-order chi connectivity index (χ1) is 21.3. The first-order valence-corrected chi connectivity index (χ1v) is 15.0. The lowest BCUT2D eigenvalue weighted by molar-refractivity contribution is -0.170. The summed E-state index contributed by atoms with van der Waals surface area (Å²) in [5.74, 6) is -0.840. The molecule has 1 heterocycles. The zero-order valence-electron chi connectivity index (χ0n) is 25.1. The minimum Gasteiger partial charge on any atom is -0.340 e. The van der Waals surface area contributed by atoms with Crippen molar-refractivity contribution in [2.24, 2.45) is 0 Å². The number of fused-ring (bicyclic) bond motifs is 1. The van der Waals surface area contributed by atoms with Gasteiger partial charge in [0.25, 0.3) is 0 Å². The Morgan fingerprint density at radius 1 is 0.955 bits per heavy atom. The monoisotopic (exact) mass is 595 g/mol. The second-order valence-corrected chi connectivity index (χ2v) is 11.3. The van der Waals surface area contributed by atoms with Crippen molar-refractivity contribution in [2.75, 3.05) is 27.2 Å². The number of nitrogens with zero attached hydrogens (tertiary/aromatic N) is 2. The number of amides is 2. The van der Waals surface area contributed by atoms with Gasteiger partial charge in [-0.2, -0.15) is 0 Å². The third-order valence-corrected chi connectivity index (χ3v) is 8.45. The third kappa shape index (κ3) is 7.56. The fraction of sp³-hybridized carbons (Fsp3) is 0.306. The maximum Gasteiger partial charge on any atom is 0.247 e. The number of hydrogen-bond donors (Lipinski definition) is 1. The normalized spacial score (nSPS) is 17.1. The Hall–Kier alpha value is -4.40. The number of hydroxylamine groups is 2. The van der Waals surface area contributed by atoms with Crippen LogP contribution in [-0.4, -0.2) is 66.9 Å². The number of rotatable bonds is 11. The Kier molecular flexibility index (Phi) is 10.1. The molecule has 228 valence electrons. The van der Waals surface area contributed by atoms with Gasteiger partial charge in [-0.1, -0.05) is 78.9 Å². The highest BCUT2D eigenvalue weighted by molar-refractivity contribution is 6.00. The zero-order chi connectivity index (χ0) is 31.1. The average molecular weight is 596 g/mol. The van der Waals surface area contributed by atoms with Gasteiger partial charge < -0.3 is 10.2 Å². The molecule has 44 heavy (non-hydrogen) atoms. The molecule has 0 spiro atoms. The molecule has 0 aliphatic carbocycles. The second-order valence-electron chi connectivity index (χ2n) is 11.3. The number of benzene rings is 4. The van der Waals surface area contributed by atoms with E-state index in [1.54, 1.807) is 24.3 Å². The van der Waals surface area contributed by atoms with Gasteiger partial charge in [-0.05, 0) is 52.9 Å². The maximum absolute atomic E-state index is 14.0. The molecule has 1 N–H and O–H groups in total. The maximum atomic E-state index is 14.0. The van der Waals surface area contributed by atoms with Crippen molar-refractivity contribution >= 4 is 28.4 Å². The number of carbonyl (C=O) groups is 3. The van der Waals surface area contributed by atoms with Crippen LogP contribution in [0.4, 0.5) is 4.39 Å². The van der Waals surface area contributed by atoms with E-state index in [9.17, 15) is 18.8 Å². The van der Waals surface area contributed by atoms with Crippen LogP contribution in [0.15, 0.2) is 97.1 Å². The van der Waals surface area contributed by atoms with Crippen LogP contribution >= 0.6 is 0 Å². The number of Topliss-reactive ketones (excluding diaryl/α,β-unsaturated/α-hetero) is 1. The number of carbonyl (C=O) groups excluding carboxylic acids is 3. The topological polar surface area (TPSA) is 79.0 Å². The van der Waals surface area contributed by atoms with E-state index in [0.717, 1.165) is 27.0 Å². The van der Waals surface area contributed by atoms with Gasteiger partial charge in [-0.25, -0.2) is 9.45 Å². The summed E-state index contributed by atoms with van der Waals surface area (Å²) in [7, 11) is 2.94. The van der Waals surface area contributed by atoms with E-state index in [4.69, 9.17) is 4.84 Å². The lowest BCUT2D eigenvalue weighted by atomic mass is 9.90. The molecule has 1 aliphatic heterocycles. The van der Waals surface area contributed by atoms with Crippen molar-refractivity contribution in [1.29, 1.82) is 0 Å². The molecule has 4 aromatic carbocycles. The summed E-state index contributed by atoms with van der Waals surface area (Å²) in [6.07, 6.45) is 1.35. The molecular weight excluding hydrogens is 557 g/mol. The van der Waals surface area contributed by atoms with Crippen molar-refractivity contribution in [2.45, 2.75) is 43.7 Å². The molecule has 2 atom stereocenters. The van der Waals surface area contributed by atoms with E-state index in [-0.39, 0.29) is 48.2 Å². The quantitative estimate of drug-likeness (QED) is 0.177. The van der Waals surface area contributed by atoms with E-state index in [1.807, 2.05) is 41.3 Å². The van der Waals surface area contributed by atoms with Crippen molar-refractivity contribution in [3.05, 3.63) is 120 Å². The number of nitrogens with one attached hydrogen (secondary N) is 1. The van der Waals surface area contributed by atoms with Gasteiger partial charge in [-0.3, -0.25) is 19.2 Å². The SMILES string of the molecule is CON(C)C(=O)C[C@@H]1N[C@H](CCC(=O)c2ccc3cc(F)ccc3c2)CCN(CC(c2ccccc2)c2ccccc2)C1=O. The van der Waals surface area contributed by atoms with Gasteiger partial charge in [-0.15, -0.1) is 0 Å². The van der Waals surface area contributed by atoms with Crippen LogP contribution in [0.25, 0.3) is 10.8 Å². The molecule has 1 saturated heterocycles. The lowest BCUT2D eigenvalue weighted by Gasteiger charge is -2.29. The molecule has 5 rings (SSSR count). The molecule has 0 bridgehead atoms. The molecule has 8 heteroatoms. The number of hydrogen-bond acceptors (Lipinski definition) is 5.